The normalized spacial score (nSPS) is 11.8. The topological polar surface area (TPSA) is 86.2 Å². The third kappa shape index (κ3) is 2.99. The molecule has 2 aromatic carbocycles. The average Bonchev–Trinajstić information content (AvgIpc) is 2.94. The quantitative estimate of drug-likeness (QED) is 0.700. The summed E-state index contributed by atoms with van der Waals surface area (Å²) in [5.74, 6) is -4.15. The van der Waals surface area contributed by atoms with Crippen molar-refractivity contribution >= 4 is 10.0 Å². The van der Waals surface area contributed by atoms with Crippen LogP contribution in [0.5, 0.6) is 0 Å². The van der Waals surface area contributed by atoms with Gasteiger partial charge in [-0.2, -0.15) is 0 Å². The van der Waals surface area contributed by atoms with Gasteiger partial charge in [-0.15, -0.1) is 0 Å². The largest absolute Gasteiger partial charge is 0.355 e. The zero-order valence-electron chi connectivity index (χ0n) is 13.7. The first-order valence-electron chi connectivity index (χ1n) is 7.35. The lowest BCUT2D eigenvalue weighted by molar-refractivity contribution is 0.427. The van der Waals surface area contributed by atoms with Gasteiger partial charge in [-0.1, -0.05) is 5.16 Å². The predicted octanol–water partition coefficient (Wildman–Crippen LogP) is 3.69. The molecule has 0 aliphatic rings. The number of sulfonamides is 1. The van der Waals surface area contributed by atoms with Crippen LogP contribution in [0.1, 0.15) is 11.3 Å². The second kappa shape index (κ2) is 6.26. The SMILES string of the molecule is Cc1cc(F)c(F)c(F)c1-c1c(C)noc1-c1ccc(S(N)(=O)=O)cc1. The lowest BCUT2D eigenvalue weighted by Gasteiger charge is -2.10. The zero-order valence-corrected chi connectivity index (χ0v) is 14.5. The lowest BCUT2D eigenvalue weighted by atomic mass is 9.95. The van der Waals surface area contributed by atoms with Gasteiger partial charge in [0, 0.05) is 11.1 Å². The van der Waals surface area contributed by atoms with E-state index in [0.717, 1.165) is 6.07 Å². The standard InChI is InChI=1S/C17H13F3N2O3S/c1-8-7-12(18)15(19)16(20)13(8)14-9(2)22-25-17(14)10-3-5-11(6-4-10)26(21,23)24/h3-7H,1-2H3,(H2,21,23,24). The Kier molecular flexibility index (Phi) is 4.37. The summed E-state index contributed by atoms with van der Waals surface area (Å²) in [6, 6.07) is 6.18. The van der Waals surface area contributed by atoms with Crippen molar-refractivity contribution in [3.8, 4) is 22.5 Å². The fraction of sp³-hybridized carbons (Fsp3) is 0.118. The van der Waals surface area contributed by atoms with Gasteiger partial charge >= 0.3 is 0 Å². The second-order valence-corrected chi connectivity index (χ2v) is 7.28. The second-order valence-electron chi connectivity index (χ2n) is 5.72. The van der Waals surface area contributed by atoms with E-state index in [0.29, 0.717) is 5.56 Å². The molecule has 0 spiro atoms. The van der Waals surface area contributed by atoms with Crippen LogP contribution < -0.4 is 5.14 Å². The molecule has 0 fully saturated rings. The van der Waals surface area contributed by atoms with Crippen molar-refractivity contribution in [2.45, 2.75) is 18.7 Å². The van der Waals surface area contributed by atoms with Gasteiger partial charge in [0.15, 0.2) is 23.2 Å². The van der Waals surface area contributed by atoms with Crippen LogP contribution in [0, 0.1) is 31.3 Å². The Morgan fingerprint density at radius 2 is 1.62 bits per heavy atom. The number of nitrogens with two attached hydrogens (primary N) is 1. The molecule has 9 heteroatoms. The van der Waals surface area contributed by atoms with Crippen molar-refractivity contribution in [3.63, 3.8) is 0 Å². The number of benzene rings is 2. The minimum Gasteiger partial charge on any atom is -0.355 e. The van der Waals surface area contributed by atoms with E-state index in [1.807, 2.05) is 0 Å². The number of aryl methyl sites for hydroxylation is 2. The fourth-order valence-corrected chi connectivity index (χ4v) is 3.19. The maximum Gasteiger partial charge on any atom is 0.238 e. The highest BCUT2D eigenvalue weighted by atomic mass is 32.2. The van der Waals surface area contributed by atoms with Crippen LogP contribution in [0.15, 0.2) is 39.8 Å². The molecule has 0 aliphatic heterocycles. The third-order valence-electron chi connectivity index (χ3n) is 3.92. The van der Waals surface area contributed by atoms with Gasteiger partial charge in [0.1, 0.15) is 0 Å². The van der Waals surface area contributed by atoms with Crippen LogP contribution in [0.4, 0.5) is 13.2 Å². The maximum absolute atomic E-state index is 14.4. The Hall–Kier alpha value is -2.65. The highest BCUT2D eigenvalue weighted by molar-refractivity contribution is 7.89. The Bertz CT molecular complexity index is 1110. The molecule has 26 heavy (non-hydrogen) atoms. The number of nitrogens with zero attached hydrogens (tertiary/aromatic N) is 1. The number of hydrogen-bond donors (Lipinski definition) is 1. The van der Waals surface area contributed by atoms with Crippen LogP contribution in [-0.4, -0.2) is 13.6 Å². The maximum atomic E-state index is 14.4. The molecule has 1 heterocycles. The summed E-state index contributed by atoms with van der Waals surface area (Å²) in [5, 5.41) is 8.82. The van der Waals surface area contributed by atoms with Crippen molar-refractivity contribution in [2.24, 2.45) is 5.14 Å². The van der Waals surface area contributed by atoms with Crippen molar-refractivity contribution in [2.75, 3.05) is 0 Å². The molecule has 0 bridgehead atoms. The third-order valence-corrected chi connectivity index (χ3v) is 4.85. The molecule has 1 aromatic heterocycles. The van der Waals surface area contributed by atoms with Gasteiger partial charge in [-0.25, -0.2) is 26.7 Å². The van der Waals surface area contributed by atoms with E-state index in [9.17, 15) is 21.6 Å². The van der Waals surface area contributed by atoms with Crippen LogP contribution in [0.25, 0.3) is 22.5 Å². The van der Waals surface area contributed by atoms with E-state index in [1.54, 1.807) is 0 Å². The van der Waals surface area contributed by atoms with Gasteiger partial charge in [0.2, 0.25) is 10.0 Å². The van der Waals surface area contributed by atoms with Crippen LogP contribution >= 0.6 is 0 Å². The number of primary sulfonamides is 1. The van der Waals surface area contributed by atoms with E-state index < -0.39 is 27.5 Å². The Morgan fingerprint density at radius 3 is 2.19 bits per heavy atom. The van der Waals surface area contributed by atoms with Crippen LogP contribution in [0.3, 0.4) is 0 Å². The molecule has 3 aromatic rings. The molecule has 0 atom stereocenters. The summed E-state index contributed by atoms with van der Waals surface area (Å²) >= 11 is 0. The fourth-order valence-electron chi connectivity index (χ4n) is 2.68. The molecule has 3 rings (SSSR count). The van der Waals surface area contributed by atoms with E-state index in [4.69, 9.17) is 9.66 Å². The average molecular weight is 382 g/mol. The molecular weight excluding hydrogens is 369 g/mol. The molecule has 0 aliphatic carbocycles. The van der Waals surface area contributed by atoms with E-state index in [1.165, 1.54) is 38.1 Å². The Morgan fingerprint density at radius 1 is 1.00 bits per heavy atom. The molecule has 0 unspecified atom stereocenters. The smallest absolute Gasteiger partial charge is 0.238 e. The highest BCUT2D eigenvalue weighted by Crippen LogP contribution is 2.39. The number of hydrogen-bond acceptors (Lipinski definition) is 4. The van der Waals surface area contributed by atoms with Gasteiger partial charge in [-0.3, -0.25) is 0 Å². The van der Waals surface area contributed by atoms with E-state index >= 15 is 0 Å². The summed E-state index contributed by atoms with van der Waals surface area (Å²) in [4.78, 5) is -0.116. The summed E-state index contributed by atoms with van der Waals surface area (Å²) in [7, 11) is -3.88. The van der Waals surface area contributed by atoms with Gasteiger partial charge in [0.25, 0.3) is 0 Å². The highest BCUT2D eigenvalue weighted by Gasteiger charge is 2.25. The van der Waals surface area contributed by atoms with Crippen molar-refractivity contribution in [3.05, 3.63) is 59.0 Å². The monoisotopic (exact) mass is 382 g/mol. The number of rotatable bonds is 3. The molecule has 2 N–H and O–H groups in total. The van der Waals surface area contributed by atoms with Gasteiger partial charge < -0.3 is 4.52 Å². The van der Waals surface area contributed by atoms with Crippen LogP contribution in [0.2, 0.25) is 0 Å². The predicted molar refractivity (Wildman–Crippen MR) is 88.1 cm³/mol. The molecule has 0 radical (unpaired) electrons. The summed E-state index contributed by atoms with van der Waals surface area (Å²) < 4.78 is 69.5. The van der Waals surface area contributed by atoms with Crippen LogP contribution in [-0.2, 0) is 10.0 Å². The molecular formula is C17H13F3N2O3S. The first kappa shape index (κ1) is 18.2. The Labute approximate surface area is 147 Å². The van der Waals surface area contributed by atoms with Crippen molar-refractivity contribution in [1.82, 2.24) is 5.16 Å². The minimum absolute atomic E-state index is 0.0940. The lowest BCUT2D eigenvalue weighted by Crippen LogP contribution is -2.11. The first-order valence-corrected chi connectivity index (χ1v) is 8.90. The number of halogens is 3. The van der Waals surface area contributed by atoms with Gasteiger partial charge in [0.05, 0.1) is 16.2 Å². The minimum atomic E-state index is -3.88. The summed E-state index contributed by atoms with van der Waals surface area (Å²) in [5.41, 5.74) is 0.783. The number of aromatic nitrogens is 1. The molecule has 5 nitrogen and oxygen atoms in total. The van der Waals surface area contributed by atoms with Crippen molar-refractivity contribution in [1.29, 1.82) is 0 Å². The molecule has 0 saturated heterocycles. The molecule has 0 amide bonds. The summed E-state index contributed by atoms with van der Waals surface area (Å²) in [6.07, 6.45) is 0. The Balaban J connectivity index is 2.23. The van der Waals surface area contributed by atoms with Gasteiger partial charge in [-0.05, 0) is 49.7 Å². The van der Waals surface area contributed by atoms with Crippen molar-refractivity contribution < 1.29 is 26.1 Å². The molecule has 136 valence electrons. The molecule has 0 saturated carbocycles. The van der Waals surface area contributed by atoms with E-state index in [2.05, 4.69) is 5.16 Å². The summed E-state index contributed by atoms with van der Waals surface area (Å²) in [6.45, 7) is 2.96. The first-order chi connectivity index (χ1) is 12.1. The zero-order chi connectivity index (χ0) is 19.2. The van der Waals surface area contributed by atoms with E-state index in [-0.39, 0.29) is 33.0 Å².